The summed E-state index contributed by atoms with van der Waals surface area (Å²) in [6, 6.07) is -0.0419. The van der Waals surface area contributed by atoms with Crippen molar-refractivity contribution in [3.8, 4) is 0 Å². The van der Waals surface area contributed by atoms with Gasteiger partial charge in [-0.1, -0.05) is 6.92 Å². The maximum absolute atomic E-state index is 12.1. The summed E-state index contributed by atoms with van der Waals surface area (Å²) in [5, 5.41) is 6.23. The first-order chi connectivity index (χ1) is 8.22. The second-order valence-electron chi connectivity index (χ2n) is 4.43. The highest BCUT2D eigenvalue weighted by Gasteiger charge is 2.34. The van der Waals surface area contributed by atoms with Gasteiger partial charge in [-0.05, 0) is 13.0 Å². The van der Waals surface area contributed by atoms with E-state index in [4.69, 9.17) is 0 Å². The van der Waals surface area contributed by atoms with Crippen LogP contribution in [0.3, 0.4) is 0 Å². The topological polar surface area (TPSA) is 61.4 Å². The summed E-state index contributed by atoms with van der Waals surface area (Å²) in [5.41, 5.74) is 0. The first kappa shape index (κ1) is 15.6. The minimum Gasteiger partial charge on any atom is -0.350 e. The number of nitrogens with zero attached hydrogens (tertiary/aromatic N) is 1. The SMILES string of the molecule is CCC(=O)N1CSCC1C(=O)NC1CCNC1.Cl. The van der Waals surface area contributed by atoms with Gasteiger partial charge in [0.2, 0.25) is 11.8 Å². The van der Waals surface area contributed by atoms with E-state index in [0.29, 0.717) is 12.3 Å². The molecule has 2 unspecified atom stereocenters. The molecule has 0 saturated carbocycles. The molecule has 2 N–H and O–H groups in total. The van der Waals surface area contributed by atoms with Gasteiger partial charge in [-0.15, -0.1) is 24.2 Å². The predicted molar refractivity (Wildman–Crippen MR) is 74.9 cm³/mol. The van der Waals surface area contributed by atoms with E-state index in [0.717, 1.165) is 25.3 Å². The first-order valence-corrected chi connectivity index (χ1v) is 7.26. The molecule has 2 saturated heterocycles. The summed E-state index contributed by atoms with van der Waals surface area (Å²) in [6.45, 7) is 3.64. The van der Waals surface area contributed by atoms with Gasteiger partial charge in [0.1, 0.15) is 6.04 Å². The summed E-state index contributed by atoms with van der Waals surface area (Å²) in [7, 11) is 0. The van der Waals surface area contributed by atoms with Gasteiger partial charge >= 0.3 is 0 Å². The third kappa shape index (κ3) is 3.52. The van der Waals surface area contributed by atoms with E-state index < -0.39 is 0 Å². The average Bonchev–Trinajstić information content (AvgIpc) is 2.97. The fourth-order valence-electron chi connectivity index (χ4n) is 2.18. The zero-order valence-corrected chi connectivity index (χ0v) is 12.1. The van der Waals surface area contributed by atoms with Crippen molar-refractivity contribution in [2.75, 3.05) is 24.7 Å². The van der Waals surface area contributed by atoms with Gasteiger partial charge in [0, 0.05) is 24.8 Å². The Morgan fingerprint density at radius 3 is 2.89 bits per heavy atom. The molecule has 2 amide bonds. The molecule has 104 valence electrons. The third-order valence-electron chi connectivity index (χ3n) is 3.21. The molecule has 2 atom stereocenters. The van der Waals surface area contributed by atoms with Crippen molar-refractivity contribution >= 4 is 36.0 Å². The lowest BCUT2D eigenvalue weighted by atomic mass is 10.2. The molecule has 7 heteroatoms. The van der Waals surface area contributed by atoms with E-state index in [1.54, 1.807) is 16.7 Å². The quantitative estimate of drug-likeness (QED) is 0.780. The molecule has 18 heavy (non-hydrogen) atoms. The van der Waals surface area contributed by atoms with Crippen LogP contribution < -0.4 is 10.6 Å². The lowest BCUT2D eigenvalue weighted by molar-refractivity contribution is -0.138. The highest BCUT2D eigenvalue weighted by molar-refractivity contribution is 7.99. The Morgan fingerprint density at radius 1 is 1.50 bits per heavy atom. The average molecular weight is 294 g/mol. The Hall–Kier alpha value is -0.460. The van der Waals surface area contributed by atoms with Crippen LogP contribution >= 0.6 is 24.2 Å². The van der Waals surface area contributed by atoms with Crippen molar-refractivity contribution in [2.24, 2.45) is 0 Å². The Bertz CT molecular complexity index is 311. The molecule has 5 nitrogen and oxygen atoms in total. The van der Waals surface area contributed by atoms with Crippen LogP contribution in [0.5, 0.6) is 0 Å². The second kappa shape index (κ2) is 7.21. The van der Waals surface area contributed by atoms with Crippen molar-refractivity contribution in [2.45, 2.75) is 31.8 Å². The maximum atomic E-state index is 12.1. The summed E-state index contributed by atoms with van der Waals surface area (Å²) in [6.07, 6.45) is 1.45. The van der Waals surface area contributed by atoms with Crippen molar-refractivity contribution in [3.63, 3.8) is 0 Å². The van der Waals surface area contributed by atoms with Crippen LogP contribution in [0.2, 0.25) is 0 Å². The summed E-state index contributed by atoms with van der Waals surface area (Å²) >= 11 is 1.65. The second-order valence-corrected chi connectivity index (χ2v) is 5.43. The molecule has 0 aromatic carbocycles. The summed E-state index contributed by atoms with van der Waals surface area (Å²) in [5.74, 6) is 1.44. The normalized spacial score (nSPS) is 26.8. The first-order valence-electron chi connectivity index (χ1n) is 6.10. The standard InChI is InChI=1S/C11H19N3O2S.ClH/c1-2-10(15)14-7-17-6-9(14)11(16)13-8-3-4-12-5-8;/h8-9,12H,2-7H2,1H3,(H,13,16);1H. The number of halogens is 1. The van der Waals surface area contributed by atoms with Gasteiger partial charge in [0.15, 0.2) is 0 Å². The lowest BCUT2D eigenvalue weighted by Gasteiger charge is -2.24. The molecule has 0 aliphatic carbocycles. The van der Waals surface area contributed by atoms with Crippen LogP contribution in [0.1, 0.15) is 19.8 Å². The number of thioether (sulfide) groups is 1. The molecule has 2 aliphatic heterocycles. The molecule has 0 spiro atoms. The number of hydrogen-bond donors (Lipinski definition) is 2. The van der Waals surface area contributed by atoms with Crippen molar-refractivity contribution in [1.29, 1.82) is 0 Å². The van der Waals surface area contributed by atoms with Gasteiger partial charge in [-0.3, -0.25) is 9.59 Å². The lowest BCUT2D eigenvalue weighted by Crippen LogP contribution is -2.50. The van der Waals surface area contributed by atoms with E-state index in [2.05, 4.69) is 10.6 Å². The van der Waals surface area contributed by atoms with Crippen LogP contribution in [0.4, 0.5) is 0 Å². The number of carbonyl (C=O) groups excluding carboxylic acids is 2. The molecule has 2 rings (SSSR count). The van der Waals surface area contributed by atoms with E-state index >= 15 is 0 Å². The van der Waals surface area contributed by atoms with E-state index in [1.807, 2.05) is 6.92 Å². The van der Waals surface area contributed by atoms with Gasteiger partial charge < -0.3 is 15.5 Å². The largest absolute Gasteiger partial charge is 0.350 e. The molecule has 0 aromatic rings. The van der Waals surface area contributed by atoms with Crippen LogP contribution in [0, 0.1) is 0 Å². The fraction of sp³-hybridized carbons (Fsp3) is 0.818. The molecule has 2 heterocycles. The molecule has 0 radical (unpaired) electrons. The number of nitrogens with one attached hydrogen (secondary N) is 2. The minimum atomic E-state index is -0.270. The number of hydrogen-bond acceptors (Lipinski definition) is 4. The van der Waals surface area contributed by atoms with Crippen LogP contribution in [0.25, 0.3) is 0 Å². The Kier molecular flexibility index (Phi) is 6.25. The maximum Gasteiger partial charge on any atom is 0.243 e. The van der Waals surface area contributed by atoms with Crippen LogP contribution in [0.15, 0.2) is 0 Å². The molecular weight excluding hydrogens is 274 g/mol. The van der Waals surface area contributed by atoms with Crippen LogP contribution in [-0.4, -0.2) is 53.5 Å². The zero-order chi connectivity index (χ0) is 12.3. The van der Waals surface area contributed by atoms with Crippen LogP contribution in [-0.2, 0) is 9.59 Å². The number of amides is 2. The van der Waals surface area contributed by atoms with E-state index in [1.165, 1.54) is 0 Å². The molecule has 2 fully saturated rings. The van der Waals surface area contributed by atoms with Gasteiger partial charge in [0.25, 0.3) is 0 Å². The van der Waals surface area contributed by atoms with Gasteiger partial charge in [-0.2, -0.15) is 0 Å². The minimum absolute atomic E-state index is 0. The summed E-state index contributed by atoms with van der Waals surface area (Å²) in [4.78, 5) is 25.5. The Balaban J connectivity index is 0.00000162. The Labute approximate surface area is 118 Å². The smallest absolute Gasteiger partial charge is 0.243 e. The Morgan fingerprint density at radius 2 is 2.28 bits per heavy atom. The van der Waals surface area contributed by atoms with E-state index in [-0.39, 0.29) is 36.3 Å². The van der Waals surface area contributed by atoms with Crippen molar-refractivity contribution < 1.29 is 9.59 Å². The zero-order valence-electron chi connectivity index (χ0n) is 10.5. The molecule has 2 aliphatic rings. The highest BCUT2D eigenvalue weighted by Crippen LogP contribution is 2.22. The number of rotatable bonds is 3. The molecular formula is C11H20ClN3O2S. The third-order valence-corrected chi connectivity index (χ3v) is 4.23. The molecule has 0 aromatic heterocycles. The van der Waals surface area contributed by atoms with E-state index in [9.17, 15) is 9.59 Å². The monoisotopic (exact) mass is 293 g/mol. The van der Waals surface area contributed by atoms with Crippen molar-refractivity contribution in [1.82, 2.24) is 15.5 Å². The number of carbonyl (C=O) groups is 2. The fourth-order valence-corrected chi connectivity index (χ4v) is 3.36. The molecule has 0 bridgehead atoms. The van der Waals surface area contributed by atoms with Gasteiger partial charge in [0.05, 0.1) is 5.88 Å². The van der Waals surface area contributed by atoms with Crippen molar-refractivity contribution in [3.05, 3.63) is 0 Å². The summed E-state index contributed by atoms with van der Waals surface area (Å²) < 4.78 is 0. The predicted octanol–water partition coefficient (Wildman–Crippen LogP) is 0.198. The van der Waals surface area contributed by atoms with Gasteiger partial charge in [-0.25, -0.2) is 0 Å². The highest BCUT2D eigenvalue weighted by atomic mass is 35.5.